The van der Waals surface area contributed by atoms with E-state index < -0.39 is 0 Å². The van der Waals surface area contributed by atoms with E-state index in [4.69, 9.17) is 0 Å². The zero-order chi connectivity index (χ0) is 28.5. The van der Waals surface area contributed by atoms with Crippen molar-refractivity contribution in [1.29, 1.82) is 0 Å². The maximum absolute atomic E-state index is 12.2. The van der Waals surface area contributed by atoms with Crippen LogP contribution in [-0.2, 0) is 4.79 Å². The van der Waals surface area contributed by atoms with Crippen molar-refractivity contribution >= 4 is 5.91 Å². The van der Waals surface area contributed by atoms with Crippen molar-refractivity contribution in [1.82, 2.24) is 5.32 Å². The highest BCUT2D eigenvalue weighted by Gasteiger charge is 2.09. The van der Waals surface area contributed by atoms with Crippen LogP contribution in [0, 0.1) is 0 Å². The average molecular weight is 550 g/mol. The molecule has 1 atom stereocenters. The Hall–Kier alpha value is -0.830. The summed E-state index contributed by atoms with van der Waals surface area (Å²) in [6.45, 7) is 4.58. The number of carbonyl (C=O) groups excluding carboxylic acids is 1. The first kappa shape index (κ1) is 38.2. The molecule has 2 N–H and O–H groups in total. The van der Waals surface area contributed by atoms with Crippen LogP contribution in [0.3, 0.4) is 0 Å². The molecule has 1 amide bonds. The number of hydrogen-bond acceptors (Lipinski definition) is 2. The number of amides is 1. The van der Waals surface area contributed by atoms with E-state index >= 15 is 0 Å². The van der Waals surface area contributed by atoms with E-state index in [1.807, 2.05) is 0 Å². The molecule has 0 bridgehead atoms. The molecule has 3 nitrogen and oxygen atoms in total. The molecule has 0 heterocycles. The molecule has 0 aliphatic carbocycles. The topological polar surface area (TPSA) is 49.3 Å². The van der Waals surface area contributed by atoms with Crippen molar-refractivity contribution < 1.29 is 9.90 Å². The standard InChI is InChI=1S/C36H71NO2/c1-3-5-7-9-11-13-15-17-19-21-23-25-27-29-31-33-36(39)37-35(34-38)32-30-28-26-24-22-20-18-16-14-12-10-8-6-4-2/h28,30,35,38H,3-27,29,31-34H2,1-2H3,(H,37,39)/b30-28+/t35-/m1/s1. The van der Waals surface area contributed by atoms with Gasteiger partial charge in [-0.15, -0.1) is 0 Å². The van der Waals surface area contributed by atoms with Gasteiger partial charge < -0.3 is 10.4 Å². The summed E-state index contributed by atoms with van der Waals surface area (Å²) in [6.07, 6.45) is 42.1. The minimum Gasteiger partial charge on any atom is -0.394 e. The number of allylic oxidation sites excluding steroid dienone is 1. The average Bonchev–Trinajstić information content (AvgIpc) is 2.94. The van der Waals surface area contributed by atoms with E-state index in [-0.39, 0.29) is 18.6 Å². The number of nitrogens with one attached hydrogen (secondary N) is 1. The van der Waals surface area contributed by atoms with Gasteiger partial charge in [0.05, 0.1) is 12.6 Å². The highest BCUT2D eigenvalue weighted by molar-refractivity contribution is 5.76. The Morgan fingerprint density at radius 2 is 0.897 bits per heavy atom. The van der Waals surface area contributed by atoms with Crippen LogP contribution in [-0.4, -0.2) is 23.7 Å². The molecule has 0 spiro atoms. The van der Waals surface area contributed by atoms with Gasteiger partial charge in [-0.05, 0) is 25.7 Å². The molecule has 39 heavy (non-hydrogen) atoms. The second kappa shape index (κ2) is 33.4. The van der Waals surface area contributed by atoms with E-state index in [1.165, 1.54) is 154 Å². The summed E-state index contributed by atoms with van der Waals surface area (Å²) in [5, 5.41) is 12.7. The molecule has 0 saturated heterocycles. The second-order valence-electron chi connectivity index (χ2n) is 12.2. The van der Waals surface area contributed by atoms with Gasteiger partial charge in [-0.2, -0.15) is 0 Å². The quantitative estimate of drug-likeness (QED) is 0.0647. The van der Waals surface area contributed by atoms with Gasteiger partial charge in [0.15, 0.2) is 0 Å². The predicted molar refractivity (Wildman–Crippen MR) is 173 cm³/mol. The molecule has 232 valence electrons. The lowest BCUT2D eigenvalue weighted by molar-refractivity contribution is -0.122. The largest absolute Gasteiger partial charge is 0.394 e. The van der Waals surface area contributed by atoms with Gasteiger partial charge in [0, 0.05) is 6.42 Å². The van der Waals surface area contributed by atoms with Crippen LogP contribution in [0.2, 0.25) is 0 Å². The van der Waals surface area contributed by atoms with Crippen molar-refractivity contribution in [2.45, 2.75) is 206 Å². The summed E-state index contributed by atoms with van der Waals surface area (Å²) in [7, 11) is 0. The number of aliphatic hydroxyl groups excluding tert-OH is 1. The molecular weight excluding hydrogens is 478 g/mol. The third-order valence-corrected chi connectivity index (χ3v) is 8.15. The van der Waals surface area contributed by atoms with E-state index in [2.05, 4.69) is 31.3 Å². The van der Waals surface area contributed by atoms with E-state index in [1.54, 1.807) is 0 Å². The van der Waals surface area contributed by atoms with Crippen LogP contribution >= 0.6 is 0 Å². The minimum atomic E-state index is -0.137. The number of carbonyl (C=O) groups is 1. The van der Waals surface area contributed by atoms with Gasteiger partial charge in [-0.25, -0.2) is 0 Å². The number of aliphatic hydroxyl groups is 1. The van der Waals surface area contributed by atoms with Crippen LogP contribution in [0.4, 0.5) is 0 Å². The smallest absolute Gasteiger partial charge is 0.220 e. The Balaban J connectivity index is 3.46. The lowest BCUT2D eigenvalue weighted by Crippen LogP contribution is -2.36. The van der Waals surface area contributed by atoms with Gasteiger partial charge in [0.2, 0.25) is 5.91 Å². The van der Waals surface area contributed by atoms with Crippen molar-refractivity contribution in [2.75, 3.05) is 6.61 Å². The maximum Gasteiger partial charge on any atom is 0.220 e. The van der Waals surface area contributed by atoms with Crippen LogP contribution in [0.5, 0.6) is 0 Å². The summed E-state index contributed by atoms with van der Waals surface area (Å²) < 4.78 is 0. The maximum atomic E-state index is 12.2. The van der Waals surface area contributed by atoms with Crippen LogP contribution in [0.15, 0.2) is 12.2 Å². The zero-order valence-electron chi connectivity index (χ0n) is 26.8. The molecule has 3 heteroatoms. The number of rotatable bonds is 32. The number of unbranched alkanes of at least 4 members (excludes halogenated alkanes) is 25. The Labute approximate surface area is 245 Å². The Morgan fingerprint density at radius 1 is 0.538 bits per heavy atom. The van der Waals surface area contributed by atoms with Crippen molar-refractivity contribution in [2.24, 2.45) is 0 Å². The predicted octanol–water partition coefficient (Wildman–Crippen LogP) is 11.4. The molecular formula is C36H71NO2. The van der Waals surface area contributed by atoms with Crippen molar-refractivity contribution in [3.63, 3.8) is 0 Å². The van der Waals surface area contributed by atoms with Gasteiger partial charge >= 0.3 is 0 Å². The monoisotopic (exact) mass is 550 g/mol. The first-order valence-corrected chi connectivity index (χ1v) is 17.8. The molecule has 0 radical (unpaired) electrons. The van der Waals surface area contributed by atoms with E-state index in [0.717, 1.165) is 25.7 Å². The molecule has 0 aromatic rings. The Kier molecular flexibility index (Phi) is 32.7. The third kappa shape index (κ3) is 31.6. The molecule has 0 fully saturated rings. The molecule has 0 saturated carbocycles. The minimum absolute atomic E-state index is 0.0212. The molecule has 0 aromatic heterocycles. The fourth-order valence-corrected chi connectivity index (χ4v) is 5.44. The first-order chi connectivity index (χ1) is 19.2. The highest BCUT2D eigenvalue weighted by Crippen LogP contribution is 2.14. The third-order valence-electron chi connectivity index (χ3n) is 8.15. The number of hydrogen-bond donors (Lipinski definition) is 2. The SMILES string of the molecule is CCCCCCCCCCCCC/C=C/C[C@H](CO)NC(=O)CCCCCCCCCCCCCCCCC. The molecule has 0 aliphatic rings. The summed E-state index contributed by atoms with van der Waals surface area (Å²) >= 11 is 0. The van der Waals surface area contributed by atoms with Crippen LogP contribution < -0.4 is 5.32 Å². The summed E-state index contributed by atoms with van der Waals surface area (Å²) in [5.74, 6) is 0.0995. The summed E-state index contributed by atoms with van der Waals surface area (Å²) in [6, 6.07) is -0.137. The highest BCUT2D eigenvalue weighted by atomic mass is 16.3. The van der Waals surface area contributed by atoms with Crippen molar-refractivity contribution in [3.8, 4) is 0 Å². The fraction of sp³-hybridized carbons (Fsp3) is 0.917. The zero-order valence-corrected chi connectivity index (χ0v) is 26.8. The van der Waals surface area contributed by atoms with E-state index in [0.29, 0.717) is 6.42 Å². The van der Waals surface area contributed by atoms with Gasteiger partial charge in [0.1, 0.15) is 0 Å². The molecule has 0 rings (SSSR count). The Morgan fingerprint density at radius 3 is 1.28 bits per heavy atom. The van der Waals surface area contributed by atoms with Gasteiger partial charge in [-0.1, -0.05) is 180 Å². The fourth-order valence-electron chi connectivity index (χ4n) is 5.44. The second-order valence-corrected chi connectivity index (χ2v) is 12.2. The molecule has 0 aliphatic heterocycles. The summed E-state index contributed by atoms with van der Waals surface area (Å²) in [5.41, 5.74) is 0. The normalized spacial score (nSPS) is 12.4. The van der Waals surface area contributed by atoms with Crippen LogP contribution in [0.25, 0.3) is 0 Å². The Bertz CT molecular complexity index is 504. The molecule has 0 unspecified atom stereocenters. The lowest BCUT2D eigenvalue weighted by atomic mass is 10.0. The summed E-state index contributed by atoms with van der Waals surface area (Å²) in [4.78, 5) is 12.2. The molecule has 0 aromatic carbocycles. The van der Waals surface area contributed by atoms with Gasteiger partial charge in [-0.3, -0.25) is 4.79 Å². The van der Waals surface area contributed by atoms with Crippen molar-refractivity contribution in [3.05, 3.63) is 12.2 Å². The van der Waals surface area contributed by atoms with Gasteiger partial charge in [0.25, 0.3) is 0 Å². The lowest BCUT2D eigenvalue weighted by Gasteiger charge is -2.14. The first-order valence-electron chi connectivity index (χ1n) is 17.8. The van der Waals surface area contributed by atoms with E-state index in [9.17, 15) is 9.90 Å². The van der Waals surface area contributed by atoms with Crippen LogP contribution in [0.1, 0.15) is 200 Å².